The average Bonchev–Trinajstić information content (AvgIpc) is 3.06. The van der Waals surface area contributed by atoms with Gasteiger partial charge in [0.1, 0.15) is 5.75 Å². The molecule has 5 nitrogen and oxygen atoms in total. The third-order valence-corrected chi connectivity index (χ3v) is 4.31. The molecule has 1 amide bonds. The van der Waals surface area contributed by atoms with E-state index in [1.165, 1.54) is 0 Å². The van der Waals surface area contributed by atoms with Crippen molar-refractivity contribution >= 4 is 23.2 Å². The van der Waals surface area contributed by atoms with Crippen molar-refractivity contribution in [2.24, 2.45) is 0 Å². The number of anilines is 1. The second-order valence-electron chi connectivity index (χ2n) is 5.76. The molecule has 0 aliphatic carbocycles. The highest BCUT2D eigenvalue weighted by molar-refractivity contribution is 6.30. The number of benzene rings is 1. The smallest absolute Gasteiger partial charge is 0.224 e. The predicted molar refractivity (Wildman–Crippen MR) is 94.4 cm³/mol. The highest BCUT2D eigenvalue weighted by Gasteiger charge is 2.25. The molecular formula is C17H26ClN3O2. The van der Waals surface area contributed by atoms with Crippen molar-refractivity contribution in [3.8, 4) is 5.75 Å². The summed E-state index contributed by atoms with van der Waals surface area (Å²) in [5, 5.41) is 7.22. The van der Waals surface area contributed by atoms with E-state index in [0.717, 1.165) is 43.9 Å². The van der Waals surface area contributed by atoms with Crippen LogP contribution in [0, 0.1) is 0 Å². The highest BCUT2D eigenvalue weighted by Crippen LogP contribution is 2.27. The standard InChI is InChI=1S/C17H26ClN3O2/c1-3-10-21(14-6-8-19-12-14)17(22)7-9-20-15-11-13(18)4-5-16(15)23-2/h4-5,11,14,19-20H,3,6-10,12H2,1-2H3. The maximum atomic E-state index is 12.5. The first-order valence-corrected chi connectivity index (χ1v) is 8.61. The van der Waals surface area contributed by atoms with E-state index < -0.39 is 0 Å². The number of rotatable bonds is 8. The minimum Gasteiger partial charge on any atom is -0.495 e. The molecule has 1 aromatic carbocycles. The number of nitrogens with one attached hydrogen (secondary N) is 2. The second-order valence-corrected chi connectivity index (χ2v) is 6.19. The summed E-state index contributed by atoms with van der Waals surface area (Å²) in [6.45, 7) is 5.40. The van der Waals surface area contributed by atoms with Crippen LogP contribution in [0.5, 0.6) is 5.75 Å². The molecular weight excluding hydrogens is 314 g/mol. The Balaban J connectivity index is 1.89. The van der Waals surface area contributed by atoms with Crippen molar-refractivity contribution in [2.45, 2.75) is 32.2 Å². The van der Waals surface area contributed by atoms with Gasteiger partial charge in [-0.15, -0.1) is 0 Å². The summed E-state index contributed by atoms with van der Waals surface area (Å²) in [5.74, 6) is 0.932. The fourth-order valence-corrected chi connectivity index (χ4v) is 3.10. The van der Waals surface area contributed by atoms with Gasteiger partial charge in [0.15, 0.2) is 0 Å². The lowest BCUT2D eigenvalue weighted by Crippen LogP contribution is -2.42. The lowest BCUT2D eigenvalue weighted by Gasteiger charge is -2.28. The number of hydrogen-bond acceptors (Lipinski definition) is 4. The maximum Gasteiger partial charge on any atom is 0.224 e. The van der Waals surface area contributed by atoms with Gasteiger partial charge in [-0.2, -0.15) is 0 Å². The van der Waals surface area contributed by atoms with Gasteiger partial charge in [-0.25, -0.2) is 0 Å². The van der Waals surface area contributed by atoms with Crippen molar-refractivity contribution in [3.05, 3.63) is 23.2 Å². The van der Waals surface area contributed by atoms with Crippen molar-refractivity contribution in [1.82, 2.24) is 10.2 Å². The van der Waals surface area contributed by atoms with Crippen LogP contribution in [0.15, 0.2) is 18.2 Å². The van der Waals surface area contributed by atoms with Gasteiger partial charge in [0, 0.05) is 37.1 Å². The normalized spacial score (nSPS) is 17.1. The molecule has 6 heteroatoms. The van der Waals surface area contributed by atoms with Crippen LogP contribution in [-0.4, -0.2) is 50.1 Å². The number of ether oxygens (including phenoxy) is 1. The quantitative estimate of drug-likeness (QED) is 0.764. The zero-order valence-corrected chi connectivity index (χ0v) is 14.7. The summed E-state index contributed by atoms with van der Waals surface area (Å²) in [7, 11) is 1.62. The zero-order chi connectivity index (χ0) is 16.7. The van der Waals surface area contributed by atoms with Crippen LogP contribution < -0.4 is 15.4 Å². The van der Waals surface area contributed by atoms with E-state index in [4.69, 9.17) is 16.3 Å². The van der Waals surface area contributed by atoms with E-state index in [1.807, 2.05) is 17.0 Å². The molecule has 1 atom stereocenters. The molecule has 0 bridgehead atoms. The molecule has 1 unspecified atom stereocenters. The number of amides is 1. The fraction of sp³-hybridized carbons (Fsp3) is 0.588. The summed E-state index contributed by atoms with van der Waals surface area (Å²) in [4.78, 5) is 14.6. The van der Waals surface area contributed by atoms with Gasteiger partial charge in [0.05, 0.1) is 12.8 Å². The lowest BCUT2D eigenvalue weighted by molar-refractivity contribution is -0.132. The molecule has 1 saturated heterocycles. The Morgan fingerprint density at radius 3 is 3.00 bits per heavy atom. The lowest BCUT2D eigenvalue weighted by atomic mass is 10.2. The van der Waals surface area contributed by atoms with Crippen molar-refractivity contribution < 1.29 is 9.53 Å². The van der Waals surface area contributed by atoms with Crippen LogP contribution in [-0.2, 0) is 4.79 Å². The third kappa shape index (κ3) is 5.01. The Labute approximate surface area is 143 Å². The Kier molecular flexibility index (Phi) is 6.99. The average molecular weight is 340 g/mol. The van der Waals surface area contributed by atoms with E-state index >= 15 is 0 Å². The van der Waals surface area contributed by atoms with Gasteiger partial charge in [-0.05, 0) is 37.6 Å². The molecule has 2 N–H and O–H groups in total. The first-order valence-electron chi connectivity index (χ1n) is 8.23. The molecule has 0 aromatic heterocycles. The number of carbonyl (C=O) groups excluding carboxylic acids is 1. The van der Waals surface area contributed by atoms with E-state index in [1.54, 1.807) is 13.2 Å². The van der Waals surface area contributed by atoms with Gasteiger partial charge in [0.25, 0.3) is 0 Å². The summed E-state index contributed by atoms with van der Waals surface area (Å²) in [6.07, 6.45) is 2.49. The van der Waals surface area contributed by atoms with E-state index in [9.17, 15) is 4.79 Å². The van der Waals surface area contributed by atoms with Crippen molar-refractivity contribution in [1.29, 1.82) is 0 Å². The Morgan fingerprint density at radius 1 is 1.52 bits per heavy atom. The minimum absolute atomic E-state index is 0.203. The zero-order valence-electron chi connectivity index (χ0n) is 13.9. The van der Waals surface area contributed by atoms with Gasteiger partial charge >= 0.3 is 0 Å². The maximum absolute atomic E-state index is 12.5. The van der Waals surface area contributed by atoms with Crippen LogP contribution in [0.1, 0.15) is 26.2 Å². The molecule has 1 aliphatic heterocycles. The van der Waals surface area contributed by atoms with Crippen LogP contribution in [0.25, 0.3) is 0 Å². The molecule has 0 radical (unpaired) electrons. The second kappa shape index (κ2) is 8.99. The molecule has 128 valence electrons. The number of halogens is 1. The van der Waals surface area contributed by atoms with E-state index in [2.05, 4.69) is 17.6 Å². The monoisotopic (exact) mass is 339 g/mol. The van der Waals surface area contributed by atoms with Gasteiger partial charge in [0.2, 0.25) is 5.91 Å². The predicted octanol–water partition coefficient (Wildman–Crippen LogP) is 2.75. The molecule has 1 aliphatic rings. The number of nitrogens with zero attached hydrogens (tertiary/aromatic N) is 1. The van der Waals surface area contributed by atoms with Gasteiger partial charge < -0.3 is 20.3 Å². The van der Waals surface area contributed by atoms with Crippen molar-refractivity contribution in [3.63, 3.8) is 0 Å². The summed E-state index contributed by atoms with van der Waals surface area (Å²) in [5.41, 5.74) is 0.817. The van der Waals surface area contributed by atoms with E-state index in [-0.39, 0.29) is 5.91 Å². The minimum atomic E-state index is 0.203. The molecule has 1 heterocycles. The number of carbonyl (C=O) groups is 1. The Morgan fingerprint density at radius 2 is 2.35 bits per heavy atom. The van der Waals surface area contributed by atoms with E-state index in [0.29, 0.717) is 24.0 Å². The van der Waals surface area contributed by atoms with Crippen LogP contribution >= 0.6 is 11.6 Å². The van der Waals surface area contributed by atoms with Gasteiger partial charge in [-0.3, -0.25) is 4.79 Å². The number of hydrogen-bond donors (Lipinski definition) is 2. The molecule has 1 fully saturated rings. The first kappa shape index (κ1) is 17.9. The Hall–Kier alpha value is -1.46. The van der Waals surface area contributed by atoms with Crippen LogP contribution in [0.2, 0.25) is 5.02 Å². The molecule has 2 rings (SSSR count). The third-order valence-electron chi connectivity index (χ3n) is 4.08. The fourth-order valence-electron chi connectivity index (χ4n) is 2.92. The summed E-state index contributed by atoms with van der Waals surface area (Å²) >= 11 is 6.02. The van der Waals surface area contributed by atoms with Crippen molar-refractivity contribution in [2.75, 3.05) is 38.6 Å². The first-order chi connectivity index (χ1) is 11.2. The summed E-state index contributed by atoms with van der Waals surface area (Å²) in [6, 6.07) is 5.76. The SMILES string of the molecule is CCCN(C(=O)CCNc1cc(Cl)ccc1OC)C1CCNC1. The van der Waals surface area contributed by atoms with Crippen LogP contribution in [0.3, 0.4) is 0 Å². The molecule has 23 heavy (non-hydrogen) atoms. The molecule has 0 spiro atoms. The van der Waals surface area contributed by atoms with Crippen LogP contribution in [0.4, 0.5) is 5.69 Å². The van der Waals surface area contributed by atoms with Gasteiger partial charge in [-0.1, -0.05) is 18.5 Å². The molecule has 0 saturated carbocycles. The molecule has 1 aromatic rings. The number of methoxy groups -OCH3 is 1. The largest absolute Gasteiger partial charge is 0.495 e. The highest BCUT2D eigenvalue weighted by atomic mass is 35.5. The Bertz CT molecular complexity index is 519. The summed E-state index contributed by atoms with van der Waals surface area (Å²) < 4.78 is 5.30. The topological polar surface area (TPSA) is 53.6 Å².